The van der Waals surface area contributed by atoms with Crippen molar-refractivity contribution in [2.75, 3.05) is 6.61 Å². The summed E-state index contributed by atoms with van der Waals surface area (Å²) >= 11 is 0. The Morgan fingerprint density at radius 3 is 2.04 bits per heavy atom. The molecule has 3 heteroatoms. The van der Waals surface area contributed by atoms with Gasteiger partial charge in [-0.15, -0.1) is 0 Å². The zero-order chi connectivity index (χ0) is 18.2. The lowest BCUT2D eigenvalue weighted by Crippen LogP contribution is -2.32. The van der Waals surface area contributed by atoms with Gasteiger partial charge in [0.25, 0.3) is 5.91 Å². The second-order valence-electron chi connectivity index (χ2n) is 6.12. The first kappa shape index (κ1) is 17.7. The van der Waals surface area contributed by atoms with Crippen LogP contribution in [0.3, 0.4) is 0 Å². The fourth-order valence-corrected chi connectivity index (χ4v) is 2.87. The molecule has 0 aromatic heterocycles. The number of hydrogen-bond donors (Lipinski definition) is 1. The highest BCUT2D eigenvalue weighted by Crippen LogP contribution is 2.22. The predicted molar refractivity (Wildman–Crippen MR) is 105 cm³/mol. The van der Waals surface area contributed by atoms with Crippen molar-refractivity contribution in [3.05, 3.63) is 90.5 Å². The Labute approximate surface area is 154 Å². The molecular formula is C23H23NO2. The van der Waals surface area contributed by atoms with Gasteiger partial charge in [0.05, 0.1) is 6.04 Å². The maximum Gasteiger partial charge on any atom is 0.258 e. The molecule has 0 aliphatic heterocycles. The quantitative estimate of drug-likeness (QED) is 0.654. The Hall–Kier alpha value is -3.07. The molecule has 0 radical (unpaired) electrons. The van der Waals surface area contributed by atoms with Gasteiger partial charge in [-0.1, -0.05) is 79.7 Å². The Balaban J connectivity index is 1.54. The lowest BCUT2D eigenvalue weighted by atomic mass is 10.0. The molecule has 3 aromatic carbocycles. The molecule has 132 valence electrons. The van der Waals surface area contributed by atoms with Crippen LogP contribution in [0.4, 0.5) is 0 Å². The first-order valence-electron chi connectivity index (χ1n) is 8.89. The van der Waals surface area contributed by atoms with Gasteiger partial charge in [0.1, 0.15) is 5.75 Å². The summed E-state index contributed by atoms with van der Waals surface area (Å²) in [6.07, 6.45) is 0.835. The van der Waals surface area contributed by atoms with E-state index in [9.17, 15) is 4.79 Å². The van der Waals surface area contributed by atoms with E-state index in [4.69, 9.17) is 4.74 Å². The largest absolute Gasteiger partial charge is 0.484 e. The molecule has 1 unspecified atom stereocenters. The number of rotatable bonds is 7. The summed E-state index contributed by atoms with van der Waals surface area (Å²) in [5.41, 5.74) is 3.39. The summed E-state index contributed by atoms with van der Waals surface area (Å²) < 4.78 is 5.63. The van der Waals surface area contributed by atoms with E-state index in [0.29, 0.717) is 5.75 Å². The molecule has 3 nitrogen and oxygen atoms in total. The molecule has 0 saturated heterocycles. The van der Waals surface area contributed by atoms with Gasteiger partial charge < -0.3 is 10.1 Å². The van der Waals surface area contributed by atoms with E-state index in [-0.39, 0.29) is 18.6 Å². The molecular weight excluding hydrogens is 322 g/mol. The van der Waals surface area contributed by atoms with Gasteiger partial charge in [0, 0.05) is 0 Å². The van der Waals surface area contributed by atoms with Crippen LogP contribution in [0.5, 0.6) is 5.75 Å². The number of nitrogens with one attached hydrogen (secondary N) is 1. The molecule has 0 aliphatic carbocycles. The summed E-state index contributed by atoms with van der Waals surface area (Å²) in [6, 6.07) is 27.9. The molecule has 1 amide bonds. The van der Waals surface area contributed by atoms with E-state index in [1.807, 2.05) is 72.8 Å². The number of carbonyl (C=O) groups is 1. The monoisotopic (exact) mass is 345 g/mol. The van der Waals surface area contributed by atoms with Crippen LogP contribution in [0, 0.1) is 0 Å². The Bertz CT molecular complexity index is 814. The van der Waals surface area contributed by atoms with Crippen molar-refractivity contribution in [3.63, 3.8) is 0 Å². The van der Waals surface area contributed by atoms with Gasteiger partial charge in [-0.2, -0.15) is 0 Å². The minimum atomic E-state index is -0.118. The molecule has 26 heavy (non-hydrogen) atoms. The summed E-state index contributed by atoms with van der Waals surface area (Å²) in [5, 5.41) is 3.03. The third-order valence-corrected chi connectivity index (χ3v) is 4.28. The highest BCUT2D eigenvalue weighted by atomic mass is 16.5. The van der Waals surface area contributed by atoms with Gasteiger partial charge in [-0.25, -0.2) is 0 Å². The molecule has 1 atom stereocenters. The summed E-state index contributed by atoms with van der Waals surface area (Å²) in [5.74, 6) is 0.570. The topological polar surface area (TPSA) is 38.3 Å². The van der Waals surface area contributed by atoms with Gasteiger partial charge in [0.2, 0.25) is 0 Å². The van der Waals surface area contributed by atoms with Gasteiger partial charge >= 0.3 is 0 Å². The molecule has 0 spiro atoms. The second-order valence-corrected chi connectivity index (χ2v) is 6.12. The molecule has 1 N–H and O–H groups in total. The van der Waals surface area contributed by atoms with E-state index < -0.39 is 0 Å². The number of benzene rings is 3. The van der Waals surface area contributed by atoms with Crippen molar-refractivity contribution < 1.29 is 9.53 Å². The van der Waals surface area contributed by atoms with Crippen LogP contribution in [0.15, 0.2) is 84.9 Å². The summed E-state index contributed by atoms with van der Waals surface area (Å²) in [4.78, 5) is 12.2. The van der Waals surface area contributed by atoms with Crippen LogP contribution in [0.2, 0.25) is 0 Å². The van der Waals surface area contributed by atoms with Crippen LogP contribution < -0.4 is 10.1 Å². The van der Waals surface area contributed by atoms with Crippen molar-refractivity contribution in [1.29, 1.82) is 0 Å². The maximum absolute atomic E-state index is 12.2. The van der Waals surface area contributed by atoms with Crippen molar-refractivity contribution in [2.45, 2.75) is 19.4 Å². The highest BCUT2D eigenvalue weighted by Gasteiger charge is 2.12. The standard InChI is InChI=1S/C23H23NO2/c1-2-22(20-11-7-4-8-12-20)24-23(25)17-26-21-15-13-19(14-16-21)18-9-5-3-6-10-18/h3-16,22H,2,17H2,1H3,(H,24,25). The predicted octanol–water partition coefficient (Wildman–Crippen LogP) is 5.00. The van der Waals surface area contributed by atoms with Crippen LogP contribution in [0.1, 0.15) is 24.9 Å². The van der Waals surface area contributed by atoms with E-state index in [0.717, 1.165) is 23.1 Å². The molecule has 0 bridgehead atoms. The van der Waals surface area contributed by atoms with E-state index in [1.165, 1.54) is 0 Å². The molecule has 0 saturated carbocycles. The highest BCUT2D eigenvalue weighted by molar-refractivity contribution is 5.78. The zero-order valence-electron chi connectivity index (χ0n) is 14.9. The van der Waals surface area contributed by atoms with E-state index in [2.05, 4.69) is 24.4 Å². The lowest BCUT2D eigenvalue weighted by Gasteiger charge is -2.17. The Kier molecular flexibility index (Phi) is 6.05. The smallest absolute Gasteiger partial charge is 0.258 e. The maximum atomic E-state index is 12.2. The average molecular weight is 345 g/mol. The summed E-state index contributed by atoms with van der Waals surface area (Å²) in [6.45, 7) is 2.06. The molecule has 3 rings (SSSR count). The SMILES string of the molecule is CCC(NC(=O)COc1ccc(-c2ccccc2)cc1)c1ccccc1. The number of amides is 1. The minimum absolute atomic E-state index is 0.00718. The van der Waals surface area contributed by atoms with Crippen LogP contribution in [-0.2, 0) is 4.79 Å². The third kappa shape index (κ3) is 4.73. The van der Waals surface area contributed by atoms with Crippen molar-refractivity contribution >= 4 is 5.91 Å². The minimum Gasteiger partial charge on any atom is -0.484 e. The molecule has 3 aromatic rings. The lowest BCUT2D eigenvalue weighted by molar-refractivity contribution is -0.123. The fourth-order valence-electron chi connectivity index (χ4n) is 2.87. The summed E-state index contributed by atoms with van der Waals surface area (Å²) in [7, 11) is 0. The average Bonchev–Trinajstić information content (AvgIpc) is 2.72. The normalized spacial score (nSPS) is 11.6. The Morgan fingerprint density at radius 1 is 0.846 bits per heavy atom. The second kappa shape index (κ2) is 8.86. The number of carbonyl (C=O) groups excluding carboxylic acids is 1. The first-order valence-corrected chi connectivity index (χ1v) is 8.89. The van der Waals surface area contributed by atoms with Crippen molar-refractivity contribution in [3.8, 4) is 16.9 Å². The third-order valence-electron chi connectivity index (χ3n) is 4.28. The van der Waals surface area contributed by atoms with Crippen LogP contribution in [-0.4, -0.2) is 12.5 Å². The molecule has 0 heterocycles. The van der Waals surface area contributed by atoms with E-state index >= 15 is 0 Å². The fraction of sp³-hybridized carbons (Fsp3) is 0.174. The van der Waals surface area contributed by atoms with Gasteiger partial charge in [-0.3, -0.25) is 4.79 Å². The van der Waals surface area contributed by atoms with Crippen LogP contribution in [0.25, 0.3) is 11.1 Å². The van der Waals surface area contributed by atoms with E-state index in [1.54, 1.807) is 0 Å². The Morgan fingerprint density at radius 2 is 1.42 bits per heavy atom. The molecule has 0 fully saturated rings. The first-order chi connectivity index (χ1) is 12.8. The van der Waals surface area contributed by atoms with Gasteiger partial charge in [0.15, 0.2) is 6.61 Å². The van der Waals surface area contributed by atoms with Crippen LogP contribution >= 0.6 is 0 Å². The number of hydrogen-bond acceptors (Lipinski definition) is 2. The number of ether oxygens (including phenoxy) is 1. The zero-order valence-corrected chi connectivity index (χ0v) is 14.9. The van der Waals surface area contributed by atoms with Crippen molar-refractivity contribution in [1.82, 2.24) is 5.32 Å². The van der Waals surface area contributed by atoms with Gasteiger partial charge in [-0.05, 0) is 35.2 Å². The molecule has 0 aliphatic rings. The van der Waals surface area contributed by atoms with Crippen molar-refractivity contribution in [2.24, 2.45) is 0 Å².